The minimum atomic E-state index is -3.01. The minimum absolute atomic E-state index is 0.00968. The number of nitrogens with zero attached hydrogens (tertiary/aromatic N) is 1. The van der Waals surface area contributed by atoms with Gasteiger partial charge in [0.05, 0.1) is 13.0 Å². The van der Waals surface area contributed by atoms with Crippen LogP contribution in [-0.2, 0) is 6.42 Å². The Morgan fingerprint density at radius 1 is 1.46 bits per heavy atom. The second kappa shape index (κ2) is 3.74. The van der Waals surface area contributed by atoms with E-state index in [1.807, 2.05) is 0 Å². The van der Waals surface area contributed by atoms with Crippen molar-refractivity contribution in [3.05, 3.63) is 29.8 Å². The van der Waals surface area contributed by atoms with Crippen molar-refractivity contribution in [3.63, 3.8) is 0 Å². The quantitative estimate of drug-likeness (QED) is 0.781. The highest BCUT2D eigenvalue weighted by molar-refractivity contribution is 5.07. The molecular formula is C8H9F3N2. The average Bonchev–Trinajstić information content (AvgIpc) is 2.03. The van der Waals surface area contributed by atoms with Gasteiger partial charge in [-0.1, -0.05) is 0 Å². The Kier molecular flexibility index (Phi) is 2.87. The smallest absolute Gasteiger partial charge is 0.265 e. The maximum atomic E-state index is 12.7. The van der Waals surface area contributed by atoms with E-state index in [1.54, 1.807) is 0 Å². The number of nitrogens with two attached hydrogens (primary N) is 1. The summed E-state index contributed by atoms with van der Waals surface area (Å²) in [5, 5.41) is 0. The fraction of sp³-hybridized carbons (Fsp3) is 0.375. The van der Waals surface area contributed by atoms with Crippen molar-refractivity contribution in [1.82, 2.24) is 4.98 Å². The van der Waals surface area contributed by atoms with Gasteiger partial charge in [0.15, 0.2) is 0 Å². The lowest BCUT2D eigenvalue weighted by Gasteiger charge is -2.12. The van der Waals surface area contributed by atoms with Crippen LogP contribution in [0.25, 0.3) is 0 Å². The highest BCUT2D eigenvalue weighted by Crippen LogP contribution is 2.17. The summed E-state index contributed by atoms with van der Waals surface area (Å²) < 4.78 is 37.9. The third-order valence-corrected chi connectivity index (χ3v) is 1.52. The molecule has 5 heteroatoms. The van der Waals surface area contributed by atoms with E-state index in [0.717, 1.165) is 18.3 Å². The molecule has 0 spiro atoms. The normalized spacial score (nSPS) is 11.7. The predicted octanol–water partition coefficient (Wildman–Crippen LogP) is 1.36. The third kappa shape index (κ3) is 3.02. The molecule has 0 saturated heterocycles. The van der Waals surface area contributed by atoms with Gasteiger partial charge in [-0.15, -0.1) is 0 Å². The summed E-state index contributed by atoms with van der Waals surface area (Å²) in [5.74, 6) is -3.58. The molecule has 72 valence electrons. The van der Waals surface area contributed by atoms with E-state index in [4.69, 9.17) is 5.73 Å². The molecule has 0 fully saturated rings. The van der Waals surface area contributed by atoms with Gasteiger partial charge in [-0.05, 0) is 12.1 Å². The van der Waals surface area contributed by atoms with Crippen LogP contribution in [0.3, 0.4) is 0 Å². The lowest BCUT2D eigenvalue weighted by molar-refractivity contribution is 0.0105. The summed E-state index contributed by atoms with van der Waals surface area (Å²) >= 11 is 0. The van der Waals surface area contributed by atoms with Crippen molar-refractivity contribution >= 4 is 0 Å². The Morgan fingerprint density at radius 3 is 2.69 bits per heavy atom. The monoisotopic (exact) mass is 190 g/mol. The van der Waals surface area contributed by atoms with E-state index in [0.29, 0.717) is 0 Å². The largest absolute Gasteiger partial charge is 0.325 e. The summed E-state index contributed by atoms with van der Waals surface area (Å²) in [6.45, 7) is -0.759. The van der Waals surface area contributed by atoms with E-state index in [9.17, 15) is 13.2 Å². The Bertz CT molecular complexity index is 288. The van der Waals surface area contributed by atoms with Crippen LogP contribution >= 0.6 is 0 Å². The van der Waals surface area contributed by atoms with Gasteiger partial charge in [-0.3, -0.25) is 4.98 Å². The number of alkyl halides is 2. The van der Waals surface area contributed by atoms with Crippen molar-refractivity contribution in [2.24, 2.45) is 5.73 Å². The molecule has 2 N–H and O–H groups in total. The van der Waals surface area contributed by atoms with Crippen LogP contribution in [0.5, 0.6) is 0 Å². The van der Waals surface area contributed by atoms with Crippen molar-refractivity contribution in [1.29, 1.82) is 0 Å². The maximum Gasteiger partial charge on any atom is 0.265 e. The fourth-order valence-corrected chi connectivity index (χ4v) is 0.883. The van der Waals surface area contributed by atoms with Gasteiger partial charge in [0.2, 0.25) is 0 Å². The highest BCUT2D eigenvalue weighted by Gasteiger charge is 2.27. The van der Waals surface area contributed by atoms with E-state index in [-0.39, 0.29) is 5.69 Å². The van der Waals surface area contributed by atoms with Gasteiger partial charge in [0, 0.05) is 11.9 Å². The second-order valence-electron chi connectivity index (χ2n) is 2.70. The van der Waals surface area contributed by atoms with Gasteiger partial charge < -0.3 is 5.73 Å². The summed E-state index contributed by atoms with van der Waals surface area (Å²) in [6.07, 6.45) is 0.526. The van der Waals surface area contributed by atoms with Crippen LogP contribution in [0.4, 0.5) is 13.2 Å². The molecular weight excluding hydrogens is 181 g/mol. The predicted molar refractivity (Wildman–Crippen MR) is 41.9 cm³/mol. The molecule has 0 bridgehead atoms. The second-order valence-corrected chi connectivity index (χ2v) is 2.70. The first-order valence-corrected chi connectivity index (χ1v) is 3.72. The topological polar surface area (TPSA) is 38.9 Å². The first-order valence-electron chi connectivity index (χ1n) is 3.72. The third-order valence-electron chi connectivity index (χ3n) is 1.52. The van der Waals surface area contributed by atoms with Gasteiger partial charge in [-0.25, -0.2) is 13.2 Å². The standard InChI is InChI=1S/C8H9F3N2/c9-6-1-2-13-7(3-6)4-8(10,11)5-12/h1-3H,4-5,12H2. The molecule has 0 aliphatic heterocycles. The van der Waals surface area contributed by atoms with Crippen LogP contribution in [-0.4, -0.2) is 17.5 Å². The van der Waals surface area contributed by atoms with Crippen molar-refractivity contribution < 1.29 is 13.2 Å². The lowest BCUT2D eigenvalue weighted by Crippen LogP contribution is -2.30. The van der Waals surface area contributed by atoms with Crippen LogP contribution in [0, 0.1) is 5.82 Å². The highest BCUT2D eigenvalue weighted by atomic mass is 19.3. The SMILES string of the molecule is NCC(F)(F)Cc1cc(F)ccn1. The molecule has 1 heterocycles. The number of rotatable bonds is 3. The molecule has 1 aromatic rings. The molecule has 2 nitrogen and oxygen atoms in total. The zero-order chi connectivity index (χ0) is 9.90. The molecule has 0 saturated carbocycles. The van der Waals surface area contributed by atoms with Crippen LogP contribution in [0.1, 0.15) is 5.69 Å². The van der Waals surface area contributed by atoms with Crippen LogP contribution in [0.15, 0.2) is 18.3 Å². The Labute approximate surface area is 73.6 Å². The van der Waals surface area contributed by atoms with Gasteiger partial charge in [-0.2, -0.15) is 0 Å². The van der Waals surface area contributed by atoms with Gasteiger partial charge in [0.1, 0.15) is 5.82 Å². The Morgan fingerprint density at radius 2 is 2.15 bits per heavy atom. The molecule has 0 aromatic carbocycles. The number of hydrogen-bond donors (Lipinski definition) is 1. The lowest BCUT2D eigenvalue weighted by atomic mass is 10.1. The van der Waals surface area contributed by atoms with Gasteiger partial charge in [0.25, 0.3) is 5.92 Å². The number of halogens is 3. The molecule has 13 heavy (non-hydrogen) atoms. The molecule has 0 atom stereocenters. The maximum absolute atomic E-state index is 12.7. The van der Waals surface area contributed by atoms with Crippen molar-refractivity contribution in [3.8, 4) is 0 Å². The molecule has 0 aliphatic carbocycles. The number of hydrogen-bond acceptors (Lipinski definition) is 2. The van der Waals surface area contributed by atoms with E-state index in [1.165, 1.54) is 0 Å². The number of aromatic nitrogens is 1. The molecule has 0 aliphatic rings. The van der Waals surface area contributed by atoms with E-state index in [2.05, 4.69) is 4.98 Å². The van der Waals surface area contributed by atoms with Crippen molar-refractivity contribution in [2.45, 2.75) is 12.3 Å². The molecule has 1 aromatic heterocycles. The van der Waals surface area contributed by atoms with Crippen LogP contribution in [0.2, 0.25) is 0 Å². The van der Waals surface area contributed by atoms with Crippen LogP contribution < -0.4 is 5.73 Å². The van der Waals surface area contributed by atoms with E-state index < -0.39 is 24.7 Å². The summed E-state index contributed by atoms with van der Waals surface area (Å²) in [7, 11) is 0. The average molecular weight is 190 g/mol. The molecule has 1 rings (SSSR count). The summed E-state index contributed by atoms with van der Waals surface area (Å²) in [5.41, 5.74) is 4.83. The van der Waals surface area contributed by atoms with Crippen molar-refractivity contribution in [2.75, 3.05) is 6.54 Å². The summed E-state index contributed by atoms with van der Waals surface area (Å²) in [6, 6.07) is 2.08. The molecule has 0 unspecified atom stereocenters. The van der Waals surface area contributed by atoms with Gasteiger partial charge >= 0.3 is 0 Å². The first-order chi connectivity index (χ1) is 6.03. The molecule has 0 amide bonds. The Balaban J connectivity index is 2.74. The molecule has 0 radical (unpaired) electrons. The number of pyridine rings is 1. The summed E-state index contributed by atoms with van der Waals surface area (Å²) in [4.78, 5) is 3.60. The zero-order valence-electron chi connectivity index (χ0n) is 6.80. The Hall–Kier alpha value is -1.10. The zero-order valence-corrected chi connectivity index (χ0v) is 6.80. The van der Waals surface area contributed by atoms with E-state index >= 15 is 0 Å². The minimum Gasteiger partial charge on any atom is -0.325 e. The fourth-order valence-electron chi connectivity index (χ4n) is 0.883. The first kappa shape index (κ1) is 9.98.